The third kappa shape index (κ3) is 3.05. The Hall–Kier alpha value is -2.41. The Balaban J connectivity index is 2.77. The van der Waals surface area contributed by atoms with E-state index in [1.165, 1.54) is 33.1 Å². The summed E-state index contributed by atoms with van der Waals surface area (Å²) in [6.45, 7) is 2.59. The van der Waals surface area contributed by atoms with Gasteiger partial charge in [0.05, 0.1) is 16.9 Å². The fraction of sp³-hybridized carbons (Fsp3) is 0.188. The first-order valence-corrected chi connectivity index (χ1v) is 8.10. The smallest absolute Gasteiger partial charge is 0.207 e. The number of phenols is 1. The van der Waals surface area contributed by atoms with Crippen LogP contribution in [0.4, 0.5) is 4.39 Å². The average molecular weight is 338 g/mol. The van der Waals surface area contributed by atoms with Crippen LogP contribution in [0.2, 0.25) is 0 Å². The van der Waals surface area contributed by atoms with Crippen molar-refractivity contribution in [3.05, 3.63) is 47.3 Å². The van der Waals surface area contributed by atoms with Gasteiger partial charge in [-0.15, -0.1) is 0 Å². The Kier molecular flexibility index (Phi) is 4.42. The highest BCUT2D eigenvalue weighted by Crippen LogP contribution is 2.33. The number of ketones is 1. The minimum Gasteiger partial charge on any atom is -0.504 e. The van der Waals surface area contributed by atoms with Crippen molar-refractivity contribution in [2.45, 2.75) is 23.6 Å². The third-order valence-corrected chi connectivity index (χ3v) is 5.30. The van der Waals surface area contributed by atoms with Crippen LogP contribution in [-0.4, -0.2) is 26.4 Å². The van der Waals surface area contributed by atoms with Gasteiger partial charge in [0.15, 0.2) is 17.3 Å². The van der Waals surface area contributed by atoms with E-state index in [2.05, 4.69) is 0 Å². The maximum Gasteiger partial charge on any atom is 0.207 e. The standard InChI is InChI=1S/C16H15FO5S/c1-9-6-11(17)7-13(10(2)18)16(9)23(20,21)12-4-5-14(19)15(8-12)22-3/h4-8,19H,1-3H3. The molecule has 0 fully saturated rings. The molecule has 23 heavy (non-hydrogen) atoms. The lowest BCUT2D eigenvalue weighted by Gasteiger charge is -2.13. The predicted molar refractivity (Wildman–Crippen MR) is 81.3 cm³/mol. The monoisotopic (exact) mass is 338 g/mol. The van der Waals surface area contributed by atoms with Gasteiger partial charge in [-0.05, 0) is 43.7 Å². The summed E-state index contributed by atoms with van der Waals surface area (Å²) in [4.78, 5) is 11.3. The van der Waals surface area contributed by atoms with Gasteiger partial charge in [0.1, 0.15) is 5.82 Å². The maximum atomic E-state index is 13.5. The Bertz CT molecular complexity index is 888. The van der Waals surface area contributed by atoms with Crippen molar-refractivity contribution in [3.63, 3.8) is 0 Å². The second-order valence-electron chi connectivity index (χ2n) is 4.99. The van der Waals surface area contributed by atoms with Crippen LogP contribution in [0.15, 0.2) is 40.1 Å². The molecule has 0 spiro atoms. The molecule has 2 rings (SSSR count). The van der Waals surface area contributed by atoms with Crippen LogP contribution in [0.25, 0.3) is 0 Å². The highest BCUT2D eigenvalue weighted by molar-refractivity contribution is 7.91. The molecule has 0 aromatic heterocycles. The minimum absolute atomic E-state index is 0.0183. The number of Topliss-reactive ketones (excluding diaryl/α,β-unsaturated/α-hetero) is 1. The second kappa shape index (κ2) is 6.00. The molecule has 0 aliphatic heterocycles. The summed E-state index contributed by atoms with van der Waals surface area (Å²) in [6.07, 6.45) is 0. The normalized spacial score (nSPS) is 11.3. The van der Waals surface area contributed by atoms with E-state index in [0.29, 0.717) is 0 Å². The van der Waals surface area contributed by atoms with Crippen LogP contribution in [0.1, 0.15) is 22.8 Å². The molecule has 7 heteroatoms. The molecule has 1 N–H and O–H groups in total. The van der Waals surface area contributed by atoms with Crippen LogP contribution in [0.3, 0.4) is 0 Å². The zero-order chi connectivity index (χ0) is 17.4. The van der Waals surface area contributed by atoms with E-state index < -0.39 is 21.4 Å². The first-order valence-electron chi connectivity index (χ1n) is 6.61. The van der Waals surface area contributed by atoms with Gasteiger partial charge in [0, 0.05) is 11.6 Å². The van der Waals surface area contributed by atoms with E-state index in [1.54, 1.807) is 0 Å². The van der Waals surface area contributed by atoms with Gasteiger partial charge in [-0.1, -0.05) is 0 Å². The fourth-order valence-electron chi connectivity index (χ4n) is 2.29. The third-order valence-electron chi connectivity index (χ3n) is 3.35. The van der Waals surface area contributed by atoms with Crippen LogP contribution in [0.5, 0.6) is 11.5 Å². The van der Waals surface area contributed by atoms with E-state index in [1.807, 2.05) is 0 Å². The van der Waals surface area contributed by atoms with Crippen molar-refractivity contribution >= 4 is 15.6 Å². The second-order valence-corrected chi connectivity index (χ2v) is 6.88. The number of hydrogen-bond donors (Lipinski definition) is 1. The highest BCUT2D eigenvalue weighted by Gasteiger charge is 2.27. The summed E-state index contributed by atoms with van der Waals surface area (Å²) in [6, 6.07) is 5.48. The van der Waals surface area contributed by atoms with Crippen LogP contribution in [0, 0.1) is 12.7 Å². The zero-order valence-corrected chi connectivity index (χ0v) is 13.6. The number of carbonyl (C=O) groups excluding carboxylic acids is 1. The molecule has 0 radical (unpaired) electrons. The van der Waals surface area contributed by atoms with Gasteiger partial charge in [0.25, 0.3) is 0 Å². The molecule has 0 heterocycles. The number of ether oxygens (including phenoxy) is 1. The van der Waals surface area contributed by atoms with Crippen molar-refractivity contribution in [2.75, 3.05) is 7.11 Å². The first-order chi connectivity index (χ1) is 10.7. The number of hydrogen-bond acceptors (Lipinski definition) is 5. The molecule has 0 aliphatic carbocycles. The Labute approximate surface area is 133 Å². The van der Waals surface area contributed by atoms with Crippen molar-refractivity contribution in [1.82, 2.24) is 0 Å². The summed E-state index contributed by atoms with van der Waals surface area (Å²) < 4.78 is 44.2. The molecule has 0 unspecified atom stereocenters. The van der Waals surface area contributed by atoms with E-state index in [-0.39, 0.29) is 32.4 Å². The quantitative estimate of drug-likeness (QED) is 0.685. The number of rotatable bonds is 4. The molecule has 2 aromatic rings. The molecule has 122 valence electrons. The SMILES string of the molecule is COc1cc(S(=O)(=O)c2c(C)cc(F)cc2C(C)=O)ccc1O. The number of aromatic hydroxyl groups is 1. The summed E-state index contributed by atoms with van der Waals surface area (Å²) >= 11 is 0. The largest absolute Gasteiger partial charge is 0.504 e. The number of methoxy groups -OCH3 is 1. The van der Waals surface area contributed by atoms with Crippen LogP contribution >= 0.6 is 0 Å². The number of carbonyl (C=O) groups is 1. The van der Waals surface area contributed by atoms with E-state index in [0.717, 1.165) is 18.2 Å². The van der Waals surface area contributed by atoms with Crippen LogP contribution < -0.4 is 4.74 Å². The molecule has 0 saturated heterocycles. The molecule has 0 saturated carbocycles. The van der Waals surface area contributed by atoms with Gasteiger partial charge in [-0.3, -0.25) is 4.79 Å². The highest BCUT2D eigenvalue weighted by atomic mass is 32.2. The number of aryl methyl sites for hydroxylation is 1. The summed E-state index contributed by atoms with van der Waals surface area (Å²) in [5.74, 6) is -1.48. The lowest BCUT2D eigenvalue weighted by molar-refractivity contribution is 0.101. The van der Waals surface area contributed by atoms with Gasteiger partial charge in [-0.25, -0.2) is 12.8 Å². The lowest BCUT2D eigenvalue weighted by Crippen LogP contribution is -2.11. The zero-order valence-electron chi connectivity index (χ0n) is 12.8. The lowest BCUT2D eigenvalue weighted by atomic mass is 10.1. The number of phenolic OH excluding ortho intramolecular Hbond substituents is 1. The molecule has 0 bridgehead atoms. The summed E-state index contributed by atoms with van der Waals surface area (Å²) in [5.41, 5.74) is -0.0863. The van der Waals surface area contributed by atoms with Gasteiger partial charge in [0.2, 0.25) is 9.84 Å². The molecular formula is C16H15FO5S. The minimum atomic E-state index is -4.09. The fourth-order valence-corrected chi connectivity index (χ4v) is 4.01. The summed E-state index contributed by atoms with van der Waals surface area (Å²) in [5, 5.41) is 9.58. The Morgan fingerprint density at radius 3 is 2.43 bits per heavy atom. The van der Waals surface area contributed by atoms with Crippen LogP contribution in [-0.2, 0) is 9.84 Å². The molecule has 5 nitrogen and oxygen atoms in total. The maximum absolute atomic E-state index is 13.5. The van der Waals surface area contributed by atoms with Crippen molar-refractivity contribution < 1.29 is 27.4 Å². The van der Waals surface area contributed by atoms with E-state index in [4.69, 9.17) is 4.74 Å². The topological polar surface area (TPSA) is 80.7 Å². The van der Waals surface area contributed by atoms with Crippen molar-refractivity contribution in [3.8, 4) is 11.5 Å². The molecule has 0 aliphatic rings. The average Bonchev–Trinajstić information content (AvgIpc) is 2.46. The van der Waals surface area contributed by atoms with E-state index >= 15 is 0 Å². The Morgan fingerprint density at radius 2 is 1.87 bits per heavy atom. The number of benzene rings is 2. The molecule has 2 aromatic carbocycles. The molecule has 0 atom stereocenters. The van der Waals surface area contributed by atoms with Crippen molar-refractivity contribution in [2.24, 2.45) is 0 Å². The first kappa shape index (κ1) is 17.0. The van der Waals surface area contributed by atoms with Crippen molar-refractivity contribution in [1.29, 1.82) is 0 Å². The molecule has 0 amide bonds. The summed E-state index contributed by atoms with van der Waals surface area (Å²) in [7, 11) is -2.80. The van der Waals surface area contributed by atoms with Gasteiger partial charge in [-0.2, -0.15) is 0 Å². The van der Waals surface area contributed by atoms with Gasteiger partial charge < -0.3 is 9.84 Å². The number of halogens is 1. The number of sulfone groups is 1. The van der Waals surface area contributed by atoms with Gasteiger partial charge >= 0.3 is 0 Å². The Morgan fingerprint density at radius 1 is 1.22 bits per heavy atom. The molecular weight excluding hydrogens is 323 g/mol. The van der Waals surface area contributed by atoms with E-state index in [9.17, 15) is 22.7 Å². The predicted octanol–water partition coefficient (Wildman–Crippen LogP) is 2.88.